The molecule has 10 heteroatoms. The number of esters is 1. The minimum atomic E-state index is -1.14. The predicted octanol–water partition coefficient (Wildman–Crippen LogP) is 2.34. The Balaban J connectivity index is 1.78. The van der Waals surface area contributed by atoms with Crippen molar-refractivity contribution in [2.45, 2.75) is 45.1 Å². The van der Waals surface area contributed by atoms with Gasteiger partial charge >= 0.3 is 5.97 Å². The number of ether oxygens (including phenoxy) is 5. The molecule has 0 aliphatic carbocycles. The average Bonchev–Trinajstić information content (AvgIpc) is 2.88. The highest BCUT2D eigenvalue weighted by atomic mass is 16.6. The third kappa shape index (κ3) is 7.06. The number of aromatic hydroxyl groups is 1. The molecule has 190 valence electrons. The Bertz CT molecular complexity index is 985. The number of benzene rings is 1. The van der Waals surface area contributed by atoms with E-state index in [1.54, 1.807) is 19.1 Å². The number of nitrogens with one attached hydrogen (secondary N) is 1. The SMILES string of the molecule is COc1ccnc(C(=O)NC2COCC(OCC(C)C)C(Oc3ccccc3)C(C)OC2=O)c1O. The lowest BCUT2D eigenvalue weighted by atomic mass is 10.1. The number of carbonyl (C=O) groups is 2. The van der Waals surface area contributed by atoms with Gasteiger partial charge in [-0.1, -0.05) is 32.0 Å². The number of cyclic esters (lactones) is 1. The summed E-state index contributed by atoms with van der Waals surface area (Å²) in [6.45, 7) is 6.17. The molecule has 1 aromatic carbocycles. The van der Waals surface area contributed by atoms with E-state index in [4.69, 9.17) is 23.7 Å². The lowest BCUT2D eigenvalue weighted by Crippen LogP contribution is -2.48. The summed E-state index contributed by atoms with van der Waals surface area (Å²) < 4.78 is 28.7. The molecule has 1 amide bonds. The second-order valence-electron chi connectivity index (χ2n) is 8.58. The van der Waals surface area contributed by atoms with E-state index in [-0.39, 0.29) is 30.6 Å². The summed E-state index contributed by atoms with van der Waals surface area (Å²) in [4.78, 5) is 29.6. The van der Waals surface area contributed by atoms with Gasteiger partial charge < -0.3 is 34.1 Å². The molecule has 1 fully saturated rings. The molecular formula is C25H32N2O8. The van der Waals surface area contributed by atoms with Crippen LogP contribution in [0.2, 0.25) is 0 Å². The van der Waals surface area contributed by atoms with Gasteiger partial charge in [0.2, 0.25) is 0 Å². The molecule has 2 aromatic rings. The molecule has 1 aliphatic heterocycles. The summed E-state index contributed by atoms with van der Waals surface area (Å²) in [6.07, 6.45) is -0.586. The van der Waals surface area contributed by atoms with Crippen LogP contribution in [0.4, 0.5) is 0 Å². The van der Waals surface area contributed by atoms with Crippen LogP contribution in [0.3, 0.4) is 0 Å². The van der Waals surface area contributed by atoms with E-state index in [0.717, 1.165) is 0 Å². The number of hydrogen-bond donors (Lipinski definition) is 2. The Morgan fingerprint density at radius 2 is 1.97 bits per heavy atom. The molecule has 1 aliphatic rings. The Morgan fingerprint density at radius 3 is 2.66 bits per heavy atom. The van der Waals surface area contributed by atoms with Crippen LogP contribution in [0.15, 0.2) is 42.6 Å². The maximum absolute atomic E-state index is 13.0. The van der Waals surface area contributed by atoms with Crippen molar-refractivity contribution in [2.24, 2.45) is 5.92 Å². The van der Waals surface area contributed by atoms with Crippen molar-refractivity contribution in [3.63, 3.8) is 0 Å². The van der Waals surface area contributed by atoms with Gasteiger partial charge in [0.1, 0.15) is 18.0 Å². The van der Waals surface area contributed by atoms with Gasteiger partial charge in [-0.15, -0.1) is 0 Å². The van der Waals surface area contributed by atoms with Crippen molar-refractivity contribution < 1.29 is 38.4 Å². The molecule has 35 heavy (non-hydrogen) atoms. The van der Waals surface area contributed by atoms with E-state index in [9.17, 15) is 14.7 Å². The van der Waals surface area contributed by atoms with Crippen LogP contribution >= 0.6 is 0 Å². The highest BCUT2D eigenvalue weighted by molar-refractivity contribution is 5.98. The van der Waals surface area contributed by atoms with Gasteiger partial charge in [-0.05, 0) is 25.0 Å². The van der Waals surface area contributed by atoms with Crippen molar-refractivity contribution in [3.8, 4) is 17.2 Å². The molecule has 2 heterocycles. The Morgan fingerprint density at radius 1 is 1.23 bits per heavy atom. The number of carbonyl (C=O) groups excluding carboxylic acids is 2. The smallest absolute Gasteiger partial charge is 0.331 e. The van der Waals surface area contributed by atoms with Crippen molar-refractivity contribution in [1.29, 1.82) is 0 Å². The summed E-state index contributed by atoms with van der Waals surface area (Å²) in [7, 11) is 1.35. The largest absolute Gasteiger partial charge is 0.503 e. The van der Waals surface area contributed by atoms with Crippen LogP contribution in [0.25, 0.3) is 0 Å². The summed E-state index contributed by atoms with van der Waals surface area (Å²) in [5, 5.41) is 12.8. The number of hydrogen-bond acceptors (Lipinski definition) is 9. The van der Waals surface area contributed by atoms with Gasteiger partial charge in [0.05, 0.1) is 20.3 Å². The van der Waals surface area contributed by atoms with Crippen molar-refractivity contribution >= 4 is 11.9 Å². The van der Waals surface area contributed by atoms with Crippen LogP contribution in [-0.2, 0) is 19.0 Å². The number of amides is 1. The molecule has 0 saturated carbocycles. The molecule has 1 saturated heterocycles. The van der Waals surface area contributed by atoms with Gasteiger partial charge in [0, 0.05) is 18.9 Å². The lowest BCUT2D eigenvalue weighted by Gasteiger charge is -2.31. The number of pyridine rings is 1. The second kappa shape index (κ2) is 12.4. The standard InChI is InChI=1S/C25H32N2O8/c1-15(2)12-33-20-14-32-13-18(27-24(29)21-22(28)19(31-4)10-11-26-21)25(30)34-16(3)23(20)35-17-8-6-5-7-9-17/h5-11,15-16,18,20,23,28H,12-14H2,1-4H3,(H,27,29). The molecule has 1 aromatic heterocycles. The normalized spacial score (nSPS) is 22.9. The molecule has 4 unspecified atom stereocenters. The zero-order valence-electron chi connectivity index (χ0n) is 20.3. The van der Waals surface area contributed by atoms with Crippen molar-refractivity contribution in [3.05, 3.63) is 48.3 Å². The number of aromatic nitrogens is 1. The summed E-state index contributed by atoms with van der Waals surface area (Å²) >= 11 is 0. The van der Waals surface area contributed by atoms with E-state index in [1.165, 1.54) is 19.4 Å². The highest BCUT2D eigenvalue weighted by Gasteiger charge is 2.37. The fourth-order valence-electron chi connectivity index (χ4n) is 3.48. The van der Waals surface area contributed by atoms with E-state index in [2.05, 4.69) is 10.3 Å². The summed E-state index contributed by atoms with van der Waals surface area (Å²) in [5.74, 6) is -0.965. The van der Waals surface area contributed by atoms with Gasteiger partial charge in [-0.25, -0.2) is 9.78 Å². The summed E-state index contributed by atoms with van der Waals surface area (Å²) in [5.41, 5.74) is -0.284. The van der Waals surface area contributed by atoms with E-state index in [0.29, 0.717) is 12.4 Å². The maximum Gasteiger partial charge on any atom is 0.331 e. The van der Waals surface area contributed by atoms with Crippen molar-refractivity contribution in [1.82, 2.24) is 10.3 Å². The Hall–Kier alpha value is -3.37. The second-order valence-corrected chi connectivity index (χ2v) is 8.58. The van der Waals surface area contributed by atoms with Gasteiger partial charge in [-0.3, -0.25) is 4.79 Å². The fourth-order valence-corrected chi connectivity index (χ4v) is 3.48. The van der Waals surface area contributed by atoms with Crippen LogP contribution in [-0.4, -0.2) is 73.3 Å². The van der Waals surface area contributed by atoms with Crippen LogP contribution in [0.5, 0.6) is 17.2 Å². The van der Waals surface area contributed by atoms with Crippen LogP contribution in [0, 0.1) is 5.92 Å². The quantitative estimate of drug-likeness (QED) is 0.539. The maximum atomic E-state index is 13.0. The molecule has 3 rings (SSSR count). The van der Waals surface area contributed by atoms with Gasteiger partial charge in [0.15, 0.2) is 29.3 Å². The number of rotatable bonds is 8. The molecule has 10 nitrogen and oxygen atoms in total. The molecule has 4 atom stereocenters. The van der Waals surface area contributed by atoms with Crippen molar-refractivity contribution in [2.75, 3.05) is 26.9 Å². The first-order valence-electron chi connectivity index (χ1n) is 11.4. The lowest BCUT2D eigenvalue weighted by molar-refractivity contribution is -0.159. The molecular weight excluding hydrogens is 456 g/mol. The highest BCUT2D eigenvalue weighted by Crippen LogP contribution is 2.27. The zero-order chi connectivity index (χ0) is 25.4. The number of methoxy groups -OCH3 is 1. The third-order valence-corrected chi connectivity index (χ3v) is 5.27. The monoisotopic (exact) mass is 488 g/mol. The minimum absolute atomic E-state index is 0.0816. The first-order chi connectivity index (χ1) is 16.8. The van der Waals surface area contributed by atoms with E-state index >= 15 is 0 Å². The zero-order valence-corrected chi connectivity index (χ0v) is 20.3. The third-order valence-electron chi connectivity index (χ3n) is 5.27. The summed E-state index contributed by atoms with van der Waals surface area (Å²) in [6, 6.07) is 9.44. The first-order valence-corrected chi connectivity index (χ1v) is 11.4. The molecule has 0 radical (unpaired) electrons. The molecule has 2 N–H and O–H groups in total. The Labute approximate surface area is 204 Å². The fraction of sp³-hybridized carbons (Fsp3) is 0.480. The van der Waals surface area contributed by atoms with Gasteiger partial charge in [-0.2, -0.15) is 0 Å². The topological polar surface area (TPSA) is 125 Å². The van der Waals surface area contributed by atoms with E-state index < -0.39 is 42.0 Å². The Kier molecular flexibility index (Phi) is 9.27. The number of nitrogens with zero attached hydrogens (tertiary/aromatic N) is 1. The average molecular weight is 489 g/mol. The molecule has 0 spiro atoms. The number of para-hydroxylation sites is 1. The minimum Gasteiger partial charge on any atom is -0.503 e. The first kappa shape index (κ1) is 26.2. The predicted molar refractivity (Wildman–Crippen MR) is 126 cm³/mol. The van der Waals surface area contributed by atoms with Gasteiger partial charge in [0.25, 0.3) is 5.91 Å². The van der Waals surface area contributed by atoms with E-state index in [1.807, 2.05) is 32.0 Å². The van der Waals surface area contributed by atoms with Crippen LogP contribution < -0.4 is 14.8 Å². The molecule has 0 bridgehead atoms. The van der Waals surface area contributed by atoms with Crippen LogP contribution in [0.1, 0.15) is 31.3 Å².